The molecule has 5 amide bonds. The number of nitrogens with zero attached hydrogens (tertiary/aromatic N) is 1. The van der Waals surface area contributed by atoms with Crippen molar-refractivity contribution in [2.45, 2.75) is 194 Å². The second kappa shape index (κ2) is 29.5. The van der Waals surface area contributed by atoms with Gasteiger partial charge in [0.25, 0.3) is 0 Å². The van der Waals surface area contributed by atoms with Crippen molar-refractivity contribution in [2.24, 2.45) is 0 Å². The van der Waals surface area contributed by atoms with E-state index in [1.807, 2.05) is 0 Å². The normalized spacial score (nSPS) is 41.5. The maximum Gasteiger partial charge on any atom is 0.217 e. The standard InChI is InChI=1S/C44H76N6O26S/c1-15(52)45-25-35(62)31(58)21(72-40(25)50(6)71-8-7-9-77)11-67-42-27(47-17(3)54)37(64)33(60)23(74-42)13-69-44-29(49-19(5)56)39(66)34(61)24(76-44)14-70-43-28(48-18(4)55)38(65)32(59)22(75-43)12-68-41-26(46-16(2)53)36(63)30(57)20(10-51)73-41/h20-44,51,57-66,77H,7-14H2,1-6H3,(H,45,52)(H,46,53)(H,47,54)(H,48,55)(H,49,56)/t20-,21-,22-,23-,24-,25-,26-,27-,28-,29-,30-,31-,32-,33-,34-,35-,36-,37-,38-,39-,40-,41-,42-,43-,44-/m1/s1. The lowest BCUT2D eigenvalue weighted by atomic mass is 9.95. The molecule has 5 fully saturated rings. The van der Waals surface area contributed by atoms with Crippen LogP contribution in [0.25, 0.3) is 0 Å². The number of carbonyl (C=O) groups is 5. The number of thiol groups is 1. The lowest BCUT2D eigenvalue weighted by Crippen LogP contribution is -2.68. The molecule has 5 heterocycles. The molecule has 0 bridgehead atoms. The number of rotatable bonds is 23. The molecule has 5 aliphatic heterocycles. The van der Waals surface area contributed by atoms with Crippen molar-refractivity contribution in [3.05, 3.63) is 0 Å². The minimum Gasteiger partial charge on any atom is -0.394 e. The fraction of sp³-hybridized carbons (Fsp3) is 0.886. The van der Waals surface area contributed by atoms with Crippen molar-refractivity contribution in [2.75, 3.05) is 52.4 Å². The predicted octanol–water partition coefficient (Wildman–Crippen LogP) is -10.0. The lowest BCUT2D eigenvalue weighted by Gasteiger charge is -2.47. The number of amides is 5. The van der Waals surface area contributed by atoms with Crippen LogP contribution in [0.1, 0.15) is 41.0 Å². The van der Waals surface area contributed by atoms with Crippen LogP contribution in [0.2, 0.25) is 0 Å². The van der Waals surface area contributed by atoms with Gasteiger partial charge in [-0.1, -0.05) is 0 Å². The van der Waals surface area contributed by atoms with E-state index in [1.54, 1.807) is 0 Å². The fourth-order valence-electron chi connectivity index (χ4n) is 9.30. The second-order valence-corrected chi connectivity index (χ2v) is 19.7. The summed E-state index contributed by atoms with van der Waals surface area (Å²) >= 11 is 4.16. The van der Waals surface area contributed by atoms with Crippen molar-refractivity contribution in [1.82, 2.24) is 31.6 Å². The van der Waals surface area contributed by atoms with Gasteiger partial charge in [-0.15, -0.1) is 0 Å². The summed E-state index contributed by atoms with van der Waals surface area (Å²) in [5, 5.41) is 134. The van der Waals surface area contributed by atoms with Crippen LogP contribution in [-0.4, -0.2) is 296 Å². The Bertz CT molecular complexity index is 1930. The molecule has 0 radical (unpaired) electrons. The number of hydroxylamine groups is 2. The topological polar surface area (TPSA) is 464 Å². The van der Waals surface area contributed by atoms with Gasteiger partial charge in [0.2, 0.25) is 29.5 Å². The Hall–Kier alpha value is -3.18. The third kappa shape index (κ3) is 16.7. The first-order valence-electron chi connectivity index (χ1n) is 24.8. The van der Waals surface area contributed by atoms with Gasteiger partial charge in [-0.2, -0.15) is 17.7 Å². The van der Waals surface area contributed by atoms with E-state index >= 15 is 0 Å². The van der Waals surface area contributed by atoms with E-state index in [0.29, 0.717) is 12.2 Å². The van der Waals surface area contributed by atoms with Crippen LogP contribution in [0.3, 0.4) is 0 Å². The molecule has 16 N–H and O–H groups in total. The largest absolute Gasteiger partial charge is 0.394 e. The van der Waals surface area contributed by atoms with Gasteiger partial charge in [0.1, 0.15) is 116 Å². The molecule has 5 saturated heterocycles. The molecule has 0 aromatic heterocycles. The molecule has 33 heteroatoms. The van der Waals surface area contributed by atoms with Crippen molar-refractivity contribution in [3.8, 4) is 0 Å². The highest BCUT2D eigenvalue weighted by molar-refractivity contribution is 7.80. The van der Waals surface area contributed by atoms with Gasteiger partial charge in [-0.05, 0) is 12.2 Å². The maximum atomic E-state index is 12.4. The zero-order valence-corrected chi connectivity index (χ0v) is 43.9. The van der Waals surface area contributed by atoms with E-state index in [2.05, 4.69) is 39.2 Å². The Morgan fingerprint density at radius 1 is 0.429 bits per heavy atom. The van der Waals surface area contributed by atoms with Gasteiger partial charge in [-0.3, -0.25) is 28.8 Å². The fourth-order valence-corrected chi connectivity index (χ4v) is 9.43. The monoisotopic (exact) mass is 1140 g/mol. The number of hydrogen-bond donors (Lipinski definition) is 17. The molecule has 0 aliphatic carbocycles. The van der Waals surface area contributed by atoms with Crippen molar-refractivity contribution in [3.63, 3.8) is 0 Å². The molecular weight excluding hydrogens is 1060 g/mol. The smallest absolute Gasteiger partial charge is 0.217 e. The molecule has 32 nitrogen and oxygen atoms in total. The van der Waals surface area contributed by atoms with Crippen LogP contribution in [0, 0.1) is 0 Å². The van der Waals surface area contributed by atoms with Crippen molar-refractivity contribution >= 4 is 42.2 Å². The second-order valence-electron chi connectivity index (χ2n) is 19.2. The Kier molecular flexibility index (Phi) is 24.8. The van der Waals surface area contributed by atoms with Gasteiger partial charge in [-0.25, -0.2) is 0 Å². The Morgan fingerprint density at radius 2 is 0.688 bits per heavy atom. The summed E-state index contributed by atoms with van der Waals surface area (Å²) in [6, 6.07) is -7.14. The van der Waals surface area contributed by atoms with Crippen molar-refractivity contribution in [1.29, 1.82) is 0 Å². The molecule has 0 saturated carbocycles. The molecule has 77 heavy (non-hydrogen) atoms. The average molecular weight is 1140 g/mol. The zero-order chi connectivity index (χ0) is 57.2. The van der Waals surface area contributed by atoms with Crippen LogP contribution < -0.4 is 26.6 Å². The van der Waals surface area contributed by atoms with Crippen molar-refractivity contribution < 1.29 is 128 Å². The van der Waals surface area contributed by atoms with Crippen LogP contribution >= 0.6 is 12.6 Å². The van der Waals surface area contributed by atoms with Gasteiger partial charge in [0, 0.05) is 41.7 Å². The minimum absolute atomic E-state index is 0.178. The zero-order valence-electron chi connectivity index (χ0n) is 43.0. The third-order valence-electron chi connectivity index (χ3n) is 13.2. The SMILES string of the molecule is CC(=O)N[C@@H]1[C@@H](O)[C@H](O)[C@@H](CO[C@@H]2O[C@H](CO[C@@H]3O[C@H](CO[C@@H]4O[C@H](CO[C@@H]5O[C@H](CO)[C@@H](O)[C@H](O)[C@H]5NC(C)=O)[C@@H](O)[C@H](O)[C@H]4NC(C)=O)[C@@H](O)[C@H](O)[C@H]3NC(C)=O)[C@@H](O)[C@H](O)[C@H]2NC(C)=O)O[C@H]1N(C)OCCCS. The summed E-state index contributed by atoms with van der Waals surface area (Å²) in [4.78, 5) is 66.7. The quantitative estimate of drug-likeness (QED) is 0.0257. The van der Waals surface area contributed by atoms with E-state index < -0.39 is 216 Å². The number of carbonyl (C=O) groups excluding carboxylic acids is 5. The van der Waals surface area contributed by atoms with Gasteiger partial charge < -0.3 is 125 Å². The summed E-state index contributed by atoms with van der Waals surface area (Å²) in [7, 11) is 1.47. The molecule has 5 rings (SSSR count). The van der Waals surface area contributed by atoms with Gasteiger partial charge in [0.05, 0.1) is 45.7 Å². The van der Waals surface area contributed by atoms with E-state index in [0.717, 1.165) is 27.7 Å². The number of hydrogen-bond acceptors (Lipinski definition) is 28. The van der Waals surface area contributed by atoms with Crippen LogP contribution in [0.5, 0.6) is 0 Å². The molecule has 25 atom stereocenters. The molecule has 5 aliphatic rings. The van der Waals surface area contributed by atoms with Gasteiger partial charge in [0.15, 0.2) is 31.4 Å². The van der Waals surface area contributed by atoms with E-state index in [-0.39, 0.29) is 6.61 Å². The Balaban J connectivity index is 1.30. The summed E-state index contributed by atoms with van der Waals surface area (Å²) in [5.41, 5.74) is 0. The predicted molar refractivity (Wildman–Crippen MR) is 254 cm³/mol. The number of likely N-dealkylation sites (N-methyl/N-ethyl adjacent to an activating group) is 1. The third-order valence-corrected chi connectivity index (χ3v) is 13.5. The average Bonchev–Trinajstić information content (AvgIpc) is 3.36. The number of aliphatic hydroxyl groups excluding tert-OH is 11. The first kappa shape index (κ1) is 64.6. The first-order valence-corrected chi connectivity index (χ1v) is 25.4. The first-order chi connectivity index (χ1) is 36.3. The molecule has 0 unspecified atom stereocenters. The molecule has 444 valence electrons. The minimum atomic E-state index is -1.89. The molecule has 0 spiro atoms. The van der Waals surface area contributed by atoms with Crippen LogP contribution in [-0.2, 0) is 71.4 Å². The highest BCUT2D eigenvalue weighted by Crippen LogP contribution is 2.31. The Morgan fingerprint density at radius 3 is 0.974 bits per heavy atom. The molecule has 0 aromatic rings. The molecular formula is C44H76N6O26S. The van der Waals surface area contributed by atoms with Crippen LogP contribution in [0.4, 0.5) is 0 Å². The molecule has 0 aromatic carbocycles. The highest BCUT2D eigenvalue weighted by Gasteiger charge is 2.53. The lowest BCUT2D eigenvalue weighted by molar-refractivity contribution is -0.328. The van der Waals surface area contributed by atoms with E-state index in [9.17, 15) is 80.1 Å². The van der Waals surface area contributed by atoms with Crippen LogP contribution in [0.15, 0.2) is 0 Å². The highest BCUT2D eigenvalue weighted by atomic mass is 32.1. The van der Waals surface area contributed by atoms with E-state index in [4.69, 9.17) is 47.5 Å². The van der Waals surface area contributed by atoms with E-state index in [1.165, 1.54) is 19.0 Å². The summed E-state index contributed by atoms with van der Waals surface area (Å²) < 4.78 is 53.2. The summed E-state index contributed by atoms with van der Waals surface area (Å²) in [5.74, 6) is -2.86. The number of nitrogens with one attached hydrogen (secondary N) is 5. The maximum absolute atomic E-state index is 12.4. The Labute approximate surface area is 447 Å². The summed E-state index contributed by atoms with van der Waals surface area (Å²) in [6.07, 6.45) is -32.6. The number of ether oxygens (including phenoxy) is 9. The summed E-state index contributed by atoms with van der Waals surface area (Å²) in [6.45, 7) is 2.25. The number of aliphatic hydroxyl groups is 11. The van der Waals surface area contributed by atoms with Gasteiger partial charge >= 0.3 is 0 Å².